The zero-order chi connectivity index (χ0) is 12.7. The Labute approximate surface area is 105 Å². The molecule has 3 nitrogen and oxygen atoms in total. The molecule has 1 aromatic heterocycles. The summed E-state index contributed by atoms with van der Waals surface area (Å²) in [7, 11) is 2.11. The van der Waals surface area contributed by atoms with E-state index in [0.29, 0.717) is 0 Å². The number of aromatic nitrogens is 1. The van der Waals surface area contributed by atoms with Gasteiger partial charge in [-0.1, -0.05) is 26.3 Å². The van der Waals surface area contributed by atoms with Crippen molar-refractivity contribution < 1.29 is 0 Å². The summed E-state index contributed by atoms with van der Waals surface area (Å²) >= 11 is 0. The summed E-state index contributed by atoms with van der Waals surface area (Å²) in [5.41, 5.74) is 7.29. The Morgan fingerprint density at radius 3 is 2.82 bits per heavy atom. The zero-order valence-electron chi connectivity index (χ0n) is 11.3. The van der Waals surface area contributed by atoms with Crippen molar-refractivity contribution in [2.75, 3.05) is 18.5 Å². The van der Waals surface area contributed by atoms with Gasteiger partial charge in [0.05, 0.1) is 0 Å². The molecule has 0 saturated carbocycles. The van der Waals surface area contributed by atoms with Crippen LogP contribution in [0.5, 0.6) is 0 Å². The van der Waals surface area contributed by atoms with Gasteiger partial charge in [-0.3, -0.25) is 0 Å². The number of rotatable bonds is 7. The Kier molecular flexibility index (Phi) is 5.98. The fourth-order valence-corrected chi connectivity index (χ4v) is 1.86. The highest BCUT2D eigenvalue weighted by molar-refractivity contribution is 5.46. The lowest BCUT2D eigenvalue weighted by atomic mass is 10.1. The van der Waals surface area contributed by atoms with E-state index in [1.807, 2.05) is 12.3 Å². The van der Waals surface area contributed by atoms with Gasteiger partial charge in [-0.2, -0.15) is 0 Å². The van der Waals surface area contributed by atoms with E-state index in [-0.39, 0.29) is 6.04 Å². The van der Waals surface area contributed by atoms with Crippen molar-refractivity contribution >= 4 is 5.82 Å². The van der Waals surface area contributed by atoms with Crippen molar-refractivity contribution in [1.82, 2.24) is 4.98 Å². The van der Waals surface area contributed by atoms with Crippen LogP contribution in [0.25, 0.3) is 0 Å². The fraction of sp³-hybridized carbons (Fsp3) is 0.643. The van der Waals surface area contributed by atoms with Crippen molar-refractivity contribution in [3.63, 3.8) is 0 Å². The summed E-state index contributed by atoms with van der Waals surface area (Å²) in [5.74, 6) is 1.09. The molecular formula is C14H25N3. The van der Waals surface area contributed by atoms with E-state index in [2.05, 4.69) is 36.8 Å². The minimum Gasteiger partial charge on any atom is -0.359 e. The predicted molar refractivity (Wildman–Crippen MR) is 74.4 cm³/mol. The summed E-state index contributed by atoms with van der Waals surface area (Å²) in [6.07, 6.45) is 6.19. The Hall–Kier alpha value is -1.09. The van der Waals surface area contributed by atoms with Crippen LogP contribution in [0.15, 0.2) is 18.3 Å². The lowest BCUT2D eigenvalue weighted by molar-refractivity contribution is 0.642. The first kappa shape index (κ1) is 14.0. The van der Waals surface area contributed by atoms with Gasteiger partial charge in [-0.15, -0.1) is 0 Å². The molecule has 1 heterocycles. The molecule has 0 radical (unpaired) electrons. The first-order valence-corrected chi connectivity index (χ1v) is 6.59. The minimum atomic E-state index is 0.234. The molecule has 2 N–H and O–H groups in total. The van der Waals surface area contributed by atoms with Gasteiger partial charge in [0.1, 0.15) is 5.82 Å². The average molecular weight is 235 g/mol. The summed E-state index contributed by atoms with van der Waals surface area (Å²) in [6, 6.07) is 4.37. The second-order valence-electron chi connectivity index (χ2n) is 4.63. The largest absolute Gasteiger partial charge is 0.359 e. The summed E-state index contributed by atoms with van der Waals surface area (Å²) in [5, 5.41) is 0. The monoisotopic (exact) mass is 235 g/mol. The molecule has 0 bridgehead atoms. The molecule has 0 aliphatic heterocycles. The molecule has 3 heteroatoms. The molecule has 1 rings (SSSR count). The van der Waals surface area contributed by atoms with Gasteiger partial charge in [0.15, 0.2) is 0 Å². The van der Waals surface area contributed by atoms with Crippen LogP contribution in [-0.4, -0.2) is 24.6 Å². The van der Waals surface area contributed by atoms with E-state index in [0.717, 1.165) is 25.2 Å². The number of anilines is 1. The summed E-state index contributed by atoms with van der Waals surface area (Å²) < 4.78 is 0. The molecule has 0 aliphatic rings. The summed E-state index contributed by atoms with van der Waals surface area (Å²) in [4.78, 5) is 6.73. The standard InChI is InChI=1S/C14H25N3/c1-4-6-10-17(3)14-12(8-7-9-16-14)11-13(15)5-2/h7-9,13H,4-6,10-11,15H2,1-3H3. The maximum absolute atomic E-state index is 6.03. The van der Waals surface area contributed by atoms with Crippen molar-refractivity contribution in [2.45, 2.75) is 45.6 Å². The van der Waals surface area contributed by atoms with Crippen LogP contribution in [0.3, 0.4) is 0 Å². The Balaban J connectivity index is 2.76. The van der Waals surface area contributed by atoms with E-state index in [4.69, 9.17) is 5.73 Å². The maximum Gasteiger partial charge on any atom is 0.131 e. The first-order valence-electron chi connectivity index (χ1n) is 6.59. The number of pyridine rings is 1. The summed E-state index contributed by atoms with van der Waals surface area (Å²) in [6.45, 7) is 5.39. The molecule has 1 unspecified atom stereocenters. The van der Waals surface area contributed by atoms with Gasteiger partial charge in [0, 0.05) is 25.8 Å². The van der Waals surface area contributed by atoms with Gasteiger partial charge in [0.25, 0.3) is 0 Å². The number of hydrogen-bond acceptors (Lipinski definition) is 3. The average Bonchev–Trinajstić information content (AvgIpc) is 2.36. The molecule has 1 aromatic rings. The van der Waals surface area contributed by atoms with Crippen LogP contribution in [0.1, 0.15) is 38.7 Å². The Morgan fingerprint density at radius 1 is 1.41 bits per heavy atom. The van der Waals surface area contributed by atoms with Gasteiger partial charge < -0.3 is 10.6 Å². The molecule has 0 fully saturated rings. The van der Waals surface area contributed by atoms with Crippen LogP contribution in [0.4, 0.5) is 5.82 Å². The second-order valence-corrected chi connectivity index (χ2v) is 4.63. The number of nitrogens with zero attached hydrogens (tertiary/aromatic N) is 2. The zero-order valence-corrected chi connectivity index (χ0v) is 11.3. The van der Waals surface area contributed by atoms with Crippen LogP contribution in [-0.2, 0) is 6.42 Å². The predicted octanol–water partition coefficient (Wildman–Crippen LogP) is 2.60. The molecule has 17 heavy (non-hydrogen) atoms. The van der Waals surface area contributed by atoms with Gasteiger partial charge >= 0.3 is 0 Å². The lowest BCUT2D eigenvalue weighted by Gasteiger charge is -2.22. The topological polar surface area (TPSA) is 42.2 Å². The smallest absolute Gasteiger partial charge is 0.131 e. The Bertz CT molecular complexity index is 325. The highest BCUT2D eigenvalue weighted by Crippen LogP contribution is 2.18. The first-order chi connectivity index (χ1) is 8.19. The Morgan fingerprint density at radius 2 is 2.18 bits per heavy atom. The van der Waals surface area contributed by atoms with Crippen LogP contribution in [0.2, 0.25) is 0 Å². The van der Waals surface area contributed by atoms with Gasteiger partial charge in [-0.25, -0.2) is 4.98 Å². The van der Waals surface area contributed by atoms with Gasteiger partial charge in [-0.05, 0) is 30.9 Å². The van der Waals surface area contributed by atoms with Gasteiger partial charge in [0.2, 0.25) is 0 Å². The minimum absolute atomic E-state index is 0.234. The SMILES string of the molecule is CCCCN(C)c1ncccc1CC(N)CC. The van der Waals surface area contributed by atoms with E-state index in [1.165, 1.54) is 18.4 Å². The van der Waals surface area contributed by atoms with E-state index < -0.39 is 0 Å². The van der Waals surface area contributed by atoms with Crippen molar-refractivity contribution in [2.24, 2.45) is 5.73 Å². The van der Waals surface area contributed by atoms with Crippen LogP contribution < -0.4 is 10.6 Å². The number of nitrogens with two attached hydrogens (primary N) is 1. The fourth-order valence-electron chi connectivity index (χ4n) is 1.86. The lowest BCUT2D eigenvalue weighted by Crippen LogP contribution is -2.25. The molecule has 1 atom stereocenters. The molecule has 0 aromatic carbocycles. The maximum atomic E-state index is 6.03. The van der Waals surface area contributed by atoms with Crippen LogP contribution in [0, 0.1) is 0 Å². The van der Waals surface area contributed by atoms with E-state index in [1.54, 1.807) is 0 Å². The number of hydrogen-bond donors (Lipinski definition) is 1. The molecule has 0 aliphatic carbocycles. The molecule has 0 amide bonds. The normalized spacial score (nSPS) is 12.5. The third kappa shape index (κ3) is 4.35. The molecule has 96 valence electrons. The third-order valence-corrected chi connectivity index (χ3v) is 3.08. The second kappa shape index (κ2) is 7.28. The van der Waals surface area contributed by atoms with E-state index >= 15 is 0 Å². The van der Waals surface area contributed by atoms with E-state index in [9.17, 15) is 0 Å². The molecule has 0 spiro atoms. The molecule has 0 saturated heterocycles. The van der Waals surface area contributed by atoms with Crippen LogP contribution >= 0.6 is 0 Å². The van der Waals surface area contributed by atoms with Crippen molar-refractivity contribution in [3.05, 3.63) is 23.9 Å². The number of unbranched alkanes of at least 4 members (excludes halogenated alkanes) is 1. The quantitative estimate of drug-likeness (QED) is 0.790. The van der Waals surface area contributed by atoms with Crippen molar-refractivity contribution in [1.29, 1.82) is 0 Å². The molecular weight excluding hydrogens is 210 g/mol. The highest BCUT2D eigenvalue weighted by atomic mass is 15.2. The third-order valence-electron chi connectivity index (χ3n) is 3.08. The highest BCUT2D eigenvalue weighted by Gasteiger charge is 2.10. The van der Waals surface area contributed by atoms with Crippen molar-refractivity contribution in [3.8, 4) is 0 Å².